The molecule has 0 aliphatic carbocycles. The average molecular weight is 441 g/mol. The summed E-state index contributed by atoms with van der Waals surface area (Å²) in [5.74, 6) is 0.677. The van der Waals surface area contributed by atoms with E-state index in [4.69, 9.17) is 11.6 Å². The molecule has 1 unspecified atom stereocenters. The van der Waals surface area contributed by atoms with Crippen molar-refractivity contribution in [2.75, 3.05) is 29.9 Å². The van der Waals surface area contributed by atoms with Crippen molar-refractivity contribution >= 4 is 29.1 Å². The van der Waals surface area contributed by atoms with E-state index in [-0.39, 0.29) is 17.5 Å². The topological polar surface area (TPSA) is 48.5 Å². The normalized spacial score (nSPS) is 17.8. The number of hydrogen-bond acceptors (Lipinski definition) is 3. The molecule has 9 heteroatoms. The SMILES string of the molecule is CC(C)(C)C1CN(c2ncccc2Cl)CCN1C(=O)Nc1ccc(C(F)(F)F)cc1. The van der Waals surface area contributed by atoms with Crippen LogP contribution < -0.4 is 10.2 Å². The number of amides is 2. The number of piperazine rings is 1. The molecule has 1 aromatic carbocycles. The van der Waals surface area contributed by atoms with E-state index in [0.717, 1.165) is 12.1 Å². The van der Waals surface area contributed by atoms with Crippen LogP contribution in [0.2, 0.25) is 5.02 Å². The molecule has 0 spiro atoms. The Morgan fingerprint density at radius 1 is 1.13 bits per heavy atom. The number of rotatable bonds is 2. The van der Waals surface area contributed by atoms with Gasteiger partial charge in [0, 0.05) is 31.5 Å². The lowest BCUT2D eigenvalue weighted by atomic mass is 9.84. The maximum Gasteiger partial charge on any atom is 0.416 e. The number of hydrogen-bond donors (Lipinski definition) is 1. The number of nitrogens with zero attached hydrogens (tertiary/aromatic N) is 3. The molecule has 1 atom stereocenters. The molecule has 0 bridgehead atoms. The van der Waals surface area contributed by atoms with Gasteiger partial charge in [-0.3, -0.25) is 0 Å². The highest BCUT2D eigenvalue weighted by molar-refractivity contribution is 6.32. The molecule has 1 N–H and O–H groups in total. The molecule has 2 heterocycles. The monoisotopic (exact) mass is 440 g/mol. The summed E-state index contributed by atoms with van der Waals surface area (Å²) in [6.45, 7) is 7.64. The number of aromatic nitrogens is 1. The Hall–Kier alpha value is -2.48. The van der Waals surface area contributed by atoms with Gasteiger partial charge in [-0.05, 0) is 41.8 Å². The number of halogens is 4. The van der Waals surface area contributed by atoms with Crippen LogP contribution in [0.3, 0.4) is 0 Å². The lowest BCUT2D eigenvalue weighted by molar-refractivity contribution is -0.137. The molecule has 0 saturated carbocycles. The van der Waals surface area contributed by atoms with Crippen molar-refractivity contribution in [2.45, 2.75) is 33.0 Å². The first-order valence-electron chi connectivity index (χ1n) is 9.57. The standard InChI is InChI=1S/C21H24ClF3N4O/c1-20(2,3)17-13-28(18-16(22)5-4-10-26-18)11-12-29(17)19(30)27-15-8-6-14(7-9-15)21(23,24)25/h4-10,17H,11-13H2,1-3H3,(H,27,30). The Morgan fingerprint density at radius 2 is 1.80 bits per heavy atom. The van der Waals surface area contributed by atoms with Crippen molar-refractivity contribution in [2.24, 2.45) is 5.41 Å². The Bertz CT molecular complexity index is 896. The van der Waals surface area contributed by atoms with Crippen molar-refractivity contribution in [3.8, 4) is 0 Å². The third-order valence-corrected chi connectivity index (χ3v) is 5.44. The third-order valence-electron chi connectivity index (χ3n) is 5.14. The quantitative estimate of drug-likeness (QED) is 0.668. The zero-order valence-corrected chi connectivity index (χ0v) is 17.8. The van der Waals surface area contributed by atoms with Gasteiger partial charge in [0.2, 0.25) is 0 Å². The van der Waals surface area contributed by atoms with Crippen LogP contribution in [-0.4, -0.2) is 41.6 Å². The summed E-state index contributed by atoms with van der Waals surface area (Å²) < 4.78 is 38.2. The van der Waals surface area contributed by atoms with Gasteiger partial charge in [-0.25, -0.2) is 9.78 Å². The number of nitrogens with one attached hydrogen (secondary N) is 1. The number of urea groups is 1. The van der Waals surface area contributed by atoms with Gasteiger partial charge in [0.1, 0.15) is 5.82 Å². The second kappa shape index (κ2) is 8.34. The average Bonchev–Trinajstić information content (AvgIpc) is 2.67. The molecule has 0 radical (unpaired) electrons. The lowest BCUT2D eigenvalue weighted by Gasteiger charge is -2.47. The van der Waals surface area contributed by atoms with E-state index in [1.165, 1.54) is 12.1 Å². The summed E-state index contributed by atoms with van der Waals surface area (Å²) in [6.07, 6.45) is -2.74. The fraction of sp³-hybridized carbons (Fsp3) is 0.429. The largest absolute Gasteiger partial charge is 0.416 e. The number of anilines is 2. The van der Waals surface area contributed by atoms with E-state index in [1.54, 1.807) is 23.2 Å². The molecule has 162 valence electrons. The van der Waals surface area contributed by atoms with Crippen LogP contribution in [-0.2, 0) is 6.18 Å². The van der Waals surface area contributed by atoms with Crippen LogP contribution >= 0.6 is 11.6 Å². The molecule has 1 aromatic heterocycles. The van der Waals surface area contributed by atoms with Gasteiger partial charge in [0.05, 0.1) is 16.6 Å². The first-order valence-corrected chi connectivity index (χ1v) is 9.95. The van der Waals surface area contributed by atoms with Crippen LogP contribution in [0.25, 0.3) is 0 Å². The summed E-state index contributed by atoms with van der Waals surface area (Å²) >= 11 is 6.29. The van der Waals surface area contributed by atoms with Gasteiger partial charge in [-0.15, -0.1) is 0 Å². The minimum atomic E-state index is -4.41. The summed E-state index contributed by atoms with van der Waals surface area (Å²) in [6, 6.07) is 7.48. The van der Waals surface area contributed by atoms with Crippen LogP contribution in [0.4, 0.5) is 29.5 Å². The van der Waals surface area contributed by atoms with E-state index in [9.17, 15) is 18.0 Å². The molecule has 5 nitrogen and oxygen atoms in total. The fourth-order valence-electron chi connectivity index (χ4n) is 3.51. The molecular weight excluding hydrogens is 417 g/mol. The Morgan fingerprint density at radius 3 is 2.37 bits per heavy atom. The van der Waals surface area contributed by atoms with Gasteiger partial charge < -0.3 is 15.1 Å². The van der Waals surface area contributed by atoms with Gasteiger partial charge in [-0.2, -0.15) is 13.2 Å². The van der Waals surface area contributed by atoms with Crippen LogP contribution in [0.15, 0.2) is 42.6 Å². The van der Waals surface area contributed by atoms with Gasteiger partial charge in [0.25, 0.3) is 0 Å². The molecule has 2 amide bonds. The summed E-state index contributed by atoms with van der Waals surface area (Å²) in [4.78, 5) is 21.1. The van der Waals surface area contributed by atoms with Crippen LogP contribution in [0, 0.1) is 5.41 Å². The van der Waals surface area contributed by atoms with E-state index < -0.39 is 11.7 Å². The van der Waals surface area contributed by atoms with Crippen molar-refractivity contribution in [1.29, 1.82) is 0 Å². The smallest absolute Gasteiger partial charge is 0.352 e. The molecular formula is C21H24ClF3N4O. The van der Waals surface area contributed by atoms with Gasteiger partial charge in [0.15, 0.2) is 0 Å². The lowest BCUT2D eigenvalue weighted by Crippen LogP contribution is -2.60. The second-order valence-electron chi connectivity index (χ2n) is 8.34. The molecule has 30 heavy (non-hydrogen) atoms. The van der Waals surface area contributed by atoms with E-state index in [1.807, 2.05) is 20.8 Å². The highest BCUT2D eigenvalue weighted by atomic mass is 35.5. The maximum absolute atomic E-state index is 12.9. The first kappa shape index (κ1) is 22.2. The van der Waals surface area contributed by atoms with Crippen LogP contribution in [0.5, 0.6) is 0 Å². The molecule has 1 saturated heterocycles. The Balaban J connectivity index is 1.76. The minimum absolute atomic E-state index is 0.154. The van der Waals surface area contributed by atoms with E-state index >= 15 is 0 Å². The number of carbonyl (C=O) groups excluding carboxylic acids is 1. The fourth-order valence-corrected chi connectivity index (χ4v) is 3.75. The molecule has 1 aliphatic rings. The van der Waals surface area contributed by atoms with Crippen molar-refractivity contribution < 1.29 is 18.0 Å². The second-order valence-corrected chi connectivity index (χ2v) is 8.74. The van der Waals surface area contributed by atoms with Crippen molar-refractivity contribution in [3.05, 3.63) is 53.2 Å². The highest BCUT2D eigenvalue weighted by Crippen LogP contribution is 2.33. The van der Waals surface area contributed by atoms with Crippen LogP contribution in [0.1, 0.15) is 26.3 Å². The summed E-state index contributed by atoms with van der Waals surface area (Å²) in [5.41, 5.74) is -0.679. The predicted octanol–water partition coefficient (Wildman–Crippen LogP) is 5.52. The number of alkyl halides is 3. The first-order chi connectivity index (χ1) is 14.0. The molecule has 1 fully saturated rings. The van der Waals surface area contributed by atoms with Crippen molar-refractivity contribution in [1.82, 2.24) is 9.88 Å². The Labute approximate surface area is 178 Å². The summed E-state index contributed by atoms with van der Waals surface area (Å²) in [7, 11) is 0. The van der Waals surface area contributed by atoms with E-state index in [0.29, 0.717) is 36.2 Å². The third kappa shape index (κ3) is 4.98. The van der Waals surface area contributed by atoms with E-state index in [2.05, 4.69) is 15.2 Å². The van der Waals surface area contributed by atoms with Crippen molar-refractivity contribution in [3.63, 3.8) is 0 Å². The highest BCUT2D eigenvalue weighted by Gasteiger charge is 2.39. The zero-order chi connectivity index (χ0) is 22.1. The number of benzene rings is 1. The summed E-state index contributed by atoms with van der Waals surface area (Å²) in [5, 5.41) is 3.27. The zero-order valence-electron chi connectivity index (χ0n) is 17.0. The predicted molar refractivity (Wildman–Crippen MR) is 112 cm³/mol. The van der Waals surface area contributed by atoms with Gasteiger partial charge in [-0.1, -0.05) is 32.4 Å². The Kier molecular flexibility index (Phi) is 6.17. The molecule has 3 rings (SSSR count). The molecule has 1 aliphatic heterocycles. The molecule has 2 aromatic rings. The minimum Gasteiger partial charge on any atom is -0.352 e. The number of carbonyl (C=O) groups is 1. The maximum atomic E-state index is 12.9. The van der Waals surface area contributed by atoms with Gasteiger partial charge >= 0.3 is 12.2 Å². The number of pyridine rings is 1.